The molecule has 96 valence electrons. The van der Waals surface area contributed by atoms with Crippen molar-refractivity contribution >= 4 is 11.8 Å². The molecular weight excluding hydrogens is 247 g/mol. The number of nitriles is 1. The summed E-state index contributed by atoms with van der Waals surface area (Å²) in [6.45, 7) is 7.37. The Morgan fingerprint density at radius 3 is 2.67 bits per heavy atom. The van der Waals surface area contributed by atoms with Crippen molar-refractivity contribution in [3.8, 4) is 6.07 Å². The van der Waals surface area contributed by atoms with Crippen LogP contribution >= 0.6 is 11.8 Å². The topological polar surface area (TPSA) is 27.0 Å². The number of halogens is 1. The Morgan fingerprint density at radius 2 is 2.06 bits per heavy atom. The molecule has 0 saturated carbocycles. The summed E-state index contributed by atoms with van der Waals surface area (Å²) in [4.78, 5) is 2.38. The lowest BCUT2D eigenvalue weighted by atomic mass is 10.1. The molecule has 1 fully saturated rings. The van der Waals surface area contributed by atoms with Crippen molar-refractivity contribution in [1.29, 1.82) is 5.26 Å². The molecule has 0 aliphatic carbocycles. The molecule has 0 aromatic heterocycles. The number of thioether (sulfide) groups is 1. The Balaban J connectivity index is 2.07. The van der Waals surface area contributed by atoms with Gasteiger partial charge in [-0.2, -0.15) is 17.0 Å². The molecule has 1 aromatic rings. The van der Waals surface area contributed by atoms with E-state index in [4.69, 9.17) is 5.26 Å². The maximum atomic E-state index is 13.2. The van der Waals surface area contributed by atoms with E-state index in [-0.39, 0.29) is 5.56 Å². The molecule has 2 rings (SSSR count). The standard InChI is InChI=1S/C14H17FN2S/c1-10-7-17(8-11(2)18-10)9-12-3-4-14(15)13(5-12)6-16/h3-5,10-11H,7-9H2,1-2H3. The van der Waals surface area contributed by atoms with E-state index >= 15 is 0 Å². The number of hydrogen-bond acceptors (Lipinski definition) is 3. The van der Waals surface area contributed by atoms with Crippen molar-refractivity contribution in [3.63, 3.8) is 0 Å². The van der Waals surface area contributed by atoms with Gasteiger partial charge in [0.25, 0.3) is 0 Å². The van der Waals surface area contributed by atoms with Crippen molar-refractivity contribution in [2.24, 2.45) is 0 Å². The second kappa shape index (κ2) is 5.73. The molecule has 18 heavy (non-hydrogen) atoms. The van der Waals surface area contributed by atoms with Crippen LogP contribution in [-0.4, -0.2) is 28.5 Å². The van der Waals surface area contributed by atoms with Crippen LogP contribution in [0.1, 0.15) is 25.0 Å². The van der Waals surface area contributed by atoms with Crippen LogP contribution < -0.4 is 0 Å². The lowest BCUT2D eigenvalue weighted by Gasteiger charge is -2.34. The van der Waals surface area contributed by atoms with Gasteiger partial charge in [-0.15, -0.1) is 0 Å². The Morgan fingerprint density at radius 1 is 1.39 bits per heavy atom. The minimum absolute atomic E-state index is 0.139. The normalized spacial score (nSPS) is 24.8. The van der Waals surface area contributed by atoms with Crippen LogP contribution in [-0.2, 0) is 6.54 Å². The molecular formula is C14H17FN2S. The molecule has 1 aliphatic rings. The summed E-state index contributed by atoms with van der Waals surface area (Å²) in [6, 6.07) is 6.71. The zero-order valence-electron chi connectivity index (χ0n) is 10.7. The number of nitrogens with zero attached hydrogens (tertiary/aromatic N) is 2. The highest BCUT2D eigenvalue weighted by Gasteiger charge is 2.22. The monoisotopic (exact) mass is 264 g/mol. The largest absolute Gasteiger partial charge is 0.297 e. The molecule has 4 heteroatoms. The van der Waals surface area contributed by atoms with E-state index in [1.54, 1.807) is 12.1 Å². The maximum absolute atomic E-state index is 13.2. The molecule has 0 spiro atoms. The quantitative estimate of drug-likeness (QED) is 0.821. The van der Waals surface area contributed by atoms with Gasteiger partial charge in [0.2, 0.25) is 0 Å². The van der Waals surface area contributed by atoms with Crippen molar-refractivity contribution in [2.45, 2.75) is 30.9 Å². The van der Waals surface area contributed by atoms with E-state index in [2.05, 4.69) is 18.7 Å². The molecule has 1 heterocycles. The summed E-state index contributed by atoms with van der Waals surface area (Å²) < 4.78 is 13.2. The first-order valence-electron chi connectivity index (χ1n) is 6.15. The first-order valence-corrected chi connectivity index (χ1v) is 7.09. The third-order valence-corrected chi connectivity index (χ3v) is 4.28. The van der Waals surface area contributed by atoms with Gasteiger partial charge in [0.05, 0.1) is 5.56 Å². The average molecular weight is 264 g/mol. The molecule has 2 unspecified atom stereocenters. The Bertz CT molecular complexity index is 459. The van der Waals surface area contributed by atoms with E-state index in [9.17, 15) is 4.39 Å². The second-order valence-electron chi connectivity index (χ2n) is 4.88. The molecule has 0 bridgehead atoms. The average Bonchev–Trinajstić information content (AvgIpc) is 2.30. The van der Waals surface area contributed by atoms with E-state index in [1.807, 2.05) is 17.8 Å². The van der Waals surface area contributed by atoms with E-state index in [0.29, 0.717) is 10.5 Å². The van der Waals surface area contributed by atoms with E-state index in [1.165, 1.54) is 6.07 Å². The van der Waals surface area contributed by atoms with Crippen LogP contribution in [0.4, 0.5) is 4.39 Å². The summed E-state index contributed by atoms with van der Waals surface area (Å²) in [6.07, 6.45) is 0. The fourth-order valence-electron chi connectivity index (χ4n) is 2.43. The third kappa shape index (κ3) is 3.24. The van der Waals surface area contributed by atoms with Crippen molar-refractivity contribution < 1.29 is 4.39 Å². The van der Waals surface area contributed by atoms with E-state index in [0.717, 1.165) is 25.2 Å². The third-order valence-electron chi connectivity index (χ3n) is 3.05. The molecule has 0 radical (unpaired) electrons. The molecule has 1 saturated heterocycles. The number of rotatable bonds is 2. The van der Waals surface area contributed by atoms with Gasteiger partial charge in [-0.05, 0) is 17.7 Å². The summed E-state index contributed by atoms with van der Waals surface area (Å²) in [5.74, 6) is -0.433. The Kier molecular flexibility index (Phi) is 4.26. The van der Waals surface area contributed by atoms with Gasteiger partial charge in [-0.25, -0.2) is 4.39 Å². The van der Waals surface area contributed by atoms with Gasteiger partial charge in [0.1, 0.15) is 11.9 Å². The second-order valence-corrected chi connectivity index (χ2v) is 6.76. The fourth-order valence-corrected chi connectivity index (χ4v) is 3.82. The fraction of sp³-hybridized carbons (Fsp3) is 0.500. The lowest BCUT2D eigenvalue weighted by molar-refractivity contribution is 0.263. The van der Waals surface area contributed by atoms with Crippen molar-refractivity contribution in [2.75, 3.05) is 13.1 Å². The highest BCUT2D eigenvalue weighted by atomic mass is 32.2. The zero-order chi connectivity index (χ0) is 13.1. The van der Waals surface area contributed by atoms with Gasteiger partial charge in [0.15, 0.2) is 0 Å². The molecule has 2 nitrogen and oxygen atoms in total. The van der Waals surface area contributed by atoms with Gasteiger partial charge in [0, 0.05) is 30.1 Å². The molecule has 0 amide bonds. The molecule has 2 atom stereocenters. The van der Waals surface area contributed by atoms with Crippen molar-refractivity contribution in [3.05, 3.63) is 35.1 Å². The van der Waals surface area contributed by atoms with Gasteiger partial charge in [-0.1, -0.05) is 19.9 Å². The van der Waals surface area contributed by atoms with Crippen LogP contribution in [0.5, 0.6) is 0 Å². The smallest absolute Gasteiger partial charge is 0.140 e. The van der Waals surface area contributed by atoms with Gasteiger partial charge in [-0.3, -0.25) is 4.90 Å². The van der Waals surface area contributed by atoms with Crippen molar-refractivity contribution in [1.82, 2.24) is 4.90 Å². The van der Waals surface area contributed by atoms with Crippen LogP contribution in [0.15, 0.2) is 18.2 Å². The number of benzene rings is 1. The van der Waals surface area contributed by atoms with Crippen LogP contribution in [0.3, 0.4) is 0 Å². The SMILES string of the molecule is CC1CN(Cc2ccc(F)c(C#N)c2)CC(C)S1. The highest BCUT2D eigenvalue weighted by Crippen LogP contribution is 2.25. The van der Waals surface area contributed by atoms with Gasteiger partial charge >= 0.3 is 0 Å². The lowest BCUT2D eigenvalue weighted by Crippen LogP contribution is -2.39. The molecule has 0 N–H and O–H groups in total. The molecule has 1 aromatic carbocycles. The first kappa shape index (κ1) is 13.4. The zero-order valence-corrected chi connectivity index (χ0v) is 11.5. The minimum Gasteiger partial charge on any atom is -0.297 e. The minimum atomic E-state index is -0.433. The maximum Gasteiger partial charge on any atom is 0.140 e. The summed E-state index contributed by atoms with van der Waals surface area (Å²) in [5.41, 5.74) is 1.15. The summed E-state index contributed by atoms with van der Waals surface area (Å²) in [5, 5.41) is 10.1. The van der Waals surface area contributed by atoms with Crippen LogP contribution in [0.25, 0.3) is 0 Å². The predicted octanol–water partition coefficient (Wildman–Crippen LogP) is 3.02. The van der Waals surface area contributed by atoms with E-state index < -0.39 is 5.82 Å². The molecule has 1 aliphatic heterocycles. The summed E-state index contributed by atoms with van der Waals surface area (Å²) in [7, 11) is 0. The number of hydrogen-bond donors (Lipinski definition) is 0. The van der Waals surface area contributed by atoms with Crippen LogP contribution in [0, 0.1) is 17.1 Å². The Labute approximate surface area is 112 Å². The Hall–Kier alpha value is -1.05. The van der Waals surface area contributed by atoms with Crippen LogP contribution in [0.2, 0.25) is 0 Å². The van der Waals surface area contributed by atoms with Gasteiger partial charge < -0.3 is 0 Å². The predicted molar refractivity (Wildman–Crippen MR) is 72.9 cm³/mol. The highest BCUT2D eigenvalue weighted by molar-refractivity contribution is 8.00. The summed E-state index contributed by atoms with van der Waals surface area (Å²) >= 11 is 2.01. The first-order chi connectivity index (χ1) is 8.58.